The van der Waals surface area contributed by atoms with Gasteiger partial charge < -0.3 is 15.2 Å². The molecule has 0 unspecified atom stereocenters. The van der Waals surface area contributed by atoms with E-state index in [4.69, 9.17) is 5.10 Å². The molecule has 4 heterocycles. The highest BCUT2D eigenvalue weighted by atomic mass is 15.1. The summed E-state index contributed by atoms with van der Waals surface area (Å²) in [6, 6.07) is 21.4. The molecule has 0 spiro atoms. The summed E-state index contributed by atoms with van der Waals surface area (Å²) in [7, 11) is 0. The summed E-state index contributed by atoms with van der Waals surface area (Å²) in [6.45, 7) is 3.79. The highest BCUT2D eigenvalue weighted by Gasteiger charge is 2.21. The van der Waals surface area contributed by atoms with E-state index >= 15 is 0 Å². The Balaban J connectivity index is 1.17. The summed E-state index contributed by atoms with van der Waals surface area (Å²) >= 11 is 0. The van der Waals surface area contributed by atoms with Gasteiger partial charge in [-0.25, -0.2) is 0 Å². The normalized spacial score (nSPS) is 14.8. The van der Waals surface area contributed by atoms with Gasteiger partial charge in [-0.05, 0) is 72.4 Å². The largest absolute Gasteiger partial charge is 0.371 e. The second-order valence-electron chi connectivity index (χ2n) is 10.6. The molecule has 1 aliphatic carbocycles. The zero-order chi connectivity index (χ0) is 26.7. The number of hydrogen-bond acceptors (Lipinski definition) is 4. The Bertz CT molecular complexity index is 1740. The first-order valence-electron chi connectivity index (χ1n) is 14.1. The lowest BCUT2D eigenvalue weighted by molar-refractivity contribution is 0.326. The van der Waals surface area contributed by atoms with Crippen molar-refractivity contribution in [1.29, 1.82) is 0 Å². The lowest BCUT2D eigenvalue weighted by atomic mass is 10.0. The maximum Gasteiger partial charge on any atom is 0.116 e. The van der Waals surface area contributed by atoms with Crippen molar-refractivity contribution in [3.05, 3.63) is 113 Å². The fourth-order valence-corrected chi connectivity index (χ4v) is 5.77. The summed E-state index contributed by atoms with van der Waals surface area (Å²) < 4.78 is 0. The Hall–Kier alpha value is -4.64. The summed E-state index contributed by atoms with van der Waals surface area (Å²) in [6.07, 6.45) is 13.9. The Morgan fingerprint density at radius 3 is 2.65 bits per heavy atom. The molecule has 7 rings (SSSR count). The molecule has 40 heavy (non-hydrogen) atoms. The number of benzene rings is 2. The minimum Gasteiger partial charge on any atom is -0.371 e. The standard InChI is InChI=1S/C34H32N6/c1-3-9-24(10-4-1)20-35-21-25-17-27(23-36-22-25)26-13-14-31-29(18-26)34(39-38-31)32-19-28-30(37-32)11-5-6-12-33(28)40-15-7-2-8-16-40/h1,3-4,6,9-14,17-19,22-23,35,37H,2,7-8,15-16,20-21H2,(H,38,39). The third kappa shape index (κ3) is 4.91. The van der Waals surface area contributed by atoms with Crippen molar-refractivity contribution in [2.75, 3.05) is 13.1 Å². The van der Waals surface area contributed by atoms with Crippen LogP contribution in [0.4, 0.5) is 0 Å². The first kappa shape index (κ1) is 24.4. The predicted molar refractivity (Wildman–Crippen MR) is 162 cm³/mol. The van der Waals surface area contributed by atoms with Crippen molar-refractivity contribution < 1.29 is 0 Å². The van der Waals surface area contributed by atoms with Gasteiger partial charge >= 0.3 is 0 Å². The Morgan fingerprint density at radius 2 is 1.75 bits per heavy atom. The number of fused-ring (bicyclic) bond motifs is 2. The summed E-state index contributed by atoms with van der Waals surface area (Å²) in [5.74, 6) is 0. The lowest BCUT2D eigenvalue weighted by Gasteiger charge is -2.30. The Morgan fingerprint density at radius 1 is 0.875 bits per heavy atom. The van der Waals surface area contributed by atoms with E-state index in [1.165, 1.54) is 36.1 Å². The van der Waals surface area contributed by atoms with E-state index in [-0.39, 0.29) is 0 Å². The van der Waals surface area contributed by atoms with E-state index in [2.05, 4.69) is 91.7 Å². The minimum absolute atomic E-state index is 0.762. The average molecular weight is 525 g/mol. The summed E-state index contributed by atoms with van der Waals surface area (Å²) in [5, 5.41) is 12.6. The van der Waals surface area contributed by atoms with Crippen LogP contribution in [0, 0.1) is 0 Å². The molecular formula is C34H32N6. The molecule has 0 bridgehead atoms. The van der Waals surface area contributed by atoms with Crippen LogP contribution < -0.4 is 5.32 Å². The average Bonchev–Trinajstić information content (AvgIpc) is 3.57. The van der Waals surface area contributed by atoms with Gasteiger partial charge in [0, 0.05) is 66.9 Å². The number of hydrogen-bond donors (Lipinski definition) is 3. The molecule has 0 atom stereocenters. The predicted octanol–water partition coefficient (Wildman–Crippen LogP) is 6.92. The van der Waals surface area contributed by atoms with E-state index in [9.17, 15) is 0 Å². The molecule has 0 radical (unpaired) electrons. The number of nitrogens with one attached hydrogen (secondary N) is 3. The van der Waals surface area contributed by atoms with Crippen molar-refractivity contribution in [3.8, 4) is 22.5 Å². The van der Waals surface area contributed by atoms with Crippen LogP contribution >= 0.6 is 0 Å². The number of rotatable bonds is 7. The number of H-pyrrole nitrogens is 2. The zero-order valence-electron chi connectivity index (χ0n) is 22.5. The van der Waals surface area contributed by atoms with Crippen molar-refractivity contribution in [1.82, 2.24) is 30.4 Å². The Kier molecular flexibility index (Phi) is 6.62. The van der Waals surface area contributed by atoms with Crippen LogP contribution in [0.5, 0.6) is 0 Å². The second-order valence-corrected chi connectivity index (χ2v) is 10.6. The van der Waals surface area contributed by atoms with Gasteiger partial charge in [0.05, 0.1) is 16.9 Å². The smallest absolute Gasteiger partial charge is 0.116 e. The van der Waals surface area contributed by atoms with Gasteiger partial charge in [-0.3, -0.25) is 10.1 Å². The molecule has 3 N–H and O–H groups in total. The molecule has 1 fully saturated rings. The number of aromatic amines is 2. The van der Waals surface area contributed by atoms with Gasteiger partial charge in [-0.2, -0.15) is 5.10 Å². The van der Waals surface area contributed by atoms with Crippen molar-refractivity contribution >= 4 is 22.7 Å². The van der Waals surface area contributed by atoms with Crippen molar-refractivity contribution in [2.45, 2.75) is 32.4 Å². The third-order valence-electron chi connectivity index (χ3n) is 7.83. The van der Waals surface area contributed by atoms with Crippen molar-refractivity contribution in [3.63, 3.8) is 0 Å². The van der Waals surface area contributed by atoms with Gasteiger partial charge in [0.25, 0.3) is 0 Å². The summed E-state index contributed by atoms with van der Waals surface area (Å²) in [5.41, 5.74) is 14.5. The number of allylic oxidation sites excluding steroid dienone is 2. The van der Waals surface area contributed by atoms with E-state index in [1.54, 1.807) is 0 Å². The number of likely N-dealkylation sites (tertiary alicyclic amines) is 1. The molecule has 5 aromatic rings. The maximum absolute atomic E-state index is 4.73. The van der Waals surface area contributed by atoms with Crippen LogP contribution in [0.3, 0.4) is 0 Å². The monoisotopic (exact) mass is 524 g/mol. The van der Waals surface area contributed by atoms with Gasteiger partial charge in [0.1, 0.15) is 5.69 Å². The van der Waals surface area contributed by atoms with Crippen LogP contribution in [-0.2, 0) is 13.1 Å². The van der Waals surface area contributed by atoms with Crippen LogP contribution in [0.1, 0.15) is 41.6 Å². The third-order valence-corrected chi connectivity index (χ3v) is 7.83. The van der Waals surface area contributed by atoms with Crippen LogP contribution in [-0.4, -0.2) is 38.2 Å². The molecule has 3 aromatic heterocycles. The van der Waals surface area contributed by atoms with E-state index in [0.29, 0.717) is 0 Å². The number of piperidine rings is 1. The molecule has 0 amide bonds. The van der Waals surface area contributed by atoms with Crippen LogP contribution in [0.25, 0.3) is 45.2 Å². The fourth-order valence-electron chi connectivity index (χ4n) is 5.77. The van der Waals surface area contributed by atoms with Crippen LogP contribution in [0.15, 0.2) is 90.9 Å². The molecule has 2 aliphatic rings. The number of aromatic nitrogens is 4. The SMILES string of the molecule is C1=CC=C(N2CCCCC2)c2cc(-c3n[nH]c4ccc(-c5cncc(CNCc6ccccc6)c5)cc34)[nH]c2C=1. The van der Waals surface area contributed by atoms with Crippen molar-refractivity contribution in [2.24, 2.45) is 0 Å². The number of nitrogens with zero attached hydrogens (tertiary/aromatic N) is 3. The molecule has 6 heteroatoms. The molecule has 198 valence electrons. The van der Waals surface area contributed by atoms with E-state index in [1.807, 2.05) is 30.6 Å². The second kappa shape index (κ2) is 10.9. The van der Waals surface area contributed by atoms with Gasteiger partial charge in [-0.1, -0.05) is 36.4 Å². The van der Waals surface area contributed by atoms with Crippen LogP contribution in [0.2, 0.25) is 0 Å². The topological polar surface area (TPSA) is 72.6 Å². The molecule has 1 saturated heterocycles. The Labute approximate surface area is 234 Å². The zero-order valence-corrected chi connectivity index (χ0v) is 22.5. The van der Waals surface area contributed by atoms with E-state index < -0.39 is 0 Å². The van der Waals surface area contributed by atoms with Gasteiger partial charge in [0.15, 0.2) is 0 Å². The maximum atomic E-state index is 4.73. The fraction of sp³-hybridized carbons (Fsp3) is 0.206. The number of pyridine rings is 1. The molecule has 2 aromatic carbocycles. The van der Waals surface area contributed by atoms with Gasteiger partial charge in [0.2, 0.25) is 0 Å². The summed E-state index contributed by atoms with van der Waals surface area (Å²) in [4.78, 5) is 10.7. The van der Waals surface area contributed by atoms with E-state index in [0.717, 1.165) is 70.9 Å². The molecular weight excluding hydrogens is 492 g/mol. The first-order valence-corrected chi connectivity index (χ1v) is 14.1. The highest BCUT2D eigenvalue weighted by molar-refractivity contribution is 5.96. The molecule has 6 nitrogen and oxygen atoms in total. The van der Waals surface area contributed by atoms with Gasteiger partial charge in [-0.15, -0.1) is 5.73 Å². The molecule has 1 aliphatic heterocycles. The first-order chi connectivity index (χ1) is 19.8. The lowest BCUT2D eigenvalue weighted by Crippen LogP contribution is -2.28. The molecule has 0 saturated carbocycles. The minimum atomic E-state index is 0.762. The quantitative estimate of drug-likeness (QED) is 0.202. The highest BCUT2D eigenvalue weighted by Crippen LogP contribution is 2.35.